The predicted octanol–water partition coefficient (Wildman–Crippen LogP) is 5.55. The molecule has 0 saturated carbocycles. The van der Waals surface area contributed by atoms with Crippen molar-refractivity contribution in [1.82, 2.24) is 0 Å². The second-order valence-corrected chi connectivity index (χ2v) is 10.3. The molecule has 4 heteroatoms. The van der Waals surface area contributed by atoms with Crippen LogP contribution in [0.2, 0.25) is 0 Å². The van der Waals surface area contributed by atoms with Gasteiger partial charge in [-0.3, -0.25) is 9.05 Å². The van der Waals surface area contributed by atoms with Crippen LogP contribution < -0.4 is 9.05 Å². The molecule has 0 amide bonds. The fourth-order valence-electron chi connectivity index (χ4n) is 1.59. The summed E-state index contributed by atoms with van der Waals surface area (Å²) in [5, 5.41) is 0. The third kappa shape index (κ3) is 4.52. The normalized spacial score (nSPS) is 11.2. The van der Waals surface area contributed by atoms with Crippen LogP contribution in [0.3, 0.4) is 0 Å². The molecule has 2 aromatic carbocycles. The van der Waals surface area contributed by atoms with Crippen LogP contribution in [0.25, 0.3) is 0 Å². The summed E-state index contributed by atoms with van der Waals surface area (Å²) in [6.07, 6.45) is -2.10. The zero-order chi connectivity index (χ0) is 13.9. The lowest BCUT2D eigenvalue weighted by atomic mass is 10.2. The Morgan fingerprint density at radius 3 is 1.37 bits per heavy atom. The van der Waals surface area contributed by atoms with E-state index < -0.39 is 6.42 Å². The number of rotatable bonds is 4. The first-order chi connectivity index (χ1) is 8.94. The van der Waals surface area contributed by atoms with Gasteiger partial charge < -0.3 is 0 Å². The minimum Gasteiger partial charge on any atom is -0.299 e. The van der Waals surface area contributed by atoms with Crippen LogP contribution in [-0.2, 0) is 0 Å². The maximum absolute atomic E-state index is 5.90. The molecule has 0 aliphatic rings. The van der Waals surface area contributed by atoms with Crippen LogP contribution in [0.1, 0.15) is 11.1 Å². The monoisotopic (exact) mass is 339 g/mol. The van der Waals surface area contributed by atoms with Gasteiger partial charge in [0.1, 0.15) is 6.66 Å². The minimum atomic E-state index is -2.10. The van der Waals surface area contributed by atoms with Crippen LogP contribution in [0.5, 0.6) is 11.5 Å². The summed E-state index contributed by atoms with van der Waals surface area (Å²) >= 11 is 3.56. The summed E-state index contributed by atoms with van der Waals surface area (Å²) in [6.45, 7) is 6.04. The number of aryl methyl sites for hydroxylation is 2. The van der Waals surface area contributed by atoms with Crippen LogP contribution in [0.15, 0.2) is 48.5 Å². The van der Waals surface area contributed by atoms with Crippen molar-refractivity contribution in [1.29, 1.82) is 0 Å². The van der Waals surface area contributed by atoms with Crippen molar-refractivity contribution < 1.29 is 9.05 Å². The summed E-state index contributed by atoms with van der Waals surface area (Å²) in [7, 11) is 0. The van der Waals surface area contributed by atoms with Gasteiger partial charge in [-0.15, -0.1) is 0 Å². The fourth-order valence-corrected chi connectivity index (χ4v) is 3.63. The molecule has 2 nitrogen and oxygen atoms in total. The van der Waals surface area contributed by atoms with E-state index in [4.69, 9.17) is 9.05 Å². The van der Waals surface area contributed by atoms with Crippen molar-refractivity contribution in [3.05, 3.63) is 59.7 Å². The first-order valence-electron chi connectivity index (χ1n) is 6.03. The van der Waals surface area contributed by atoms with Crippen LogP contribution in [0, 0.1) is 13.8 Å². The highest BCUT2D eigenvalue weighted by atomic mass is 79.9. The fraction of sp³-hybridized carbons (Fsp3) is 0.200. The van der Waals surface area contributed by atoms with E-state index in [1.165, 1.54) is 11.1 Å². The molecule has 19 heavy (non-hydrogen) atoms. The van der Waals surface area contributed by atoms with E-state index in [1.54, 1.807) is 0 Å². The third-order valence-electron chi connectivity index (χ3n) is 2.58. The second kappa shape index (κ2) is 5.94. The lowest BCUT2D eigenvalue weighted by Gasteiger charge is -2.14. The molecule has 0 saturated heterocycles. The van der Waals surface area contributed by atoms with Gasteiger partial charge in [0, 0.05) is 0 Å². The highest BCUT2D eigenvalue weighted by Gasteiger charge is 2.36. The first-order valence-corrected chi connectivity index (χ1v) is 10.1. The molecule has 0 N–H and O–H groups in total. The molecular formula is C15H17BrO2P+. The van der Waals surface area contributed by atoms with E-state index in [1.807, 2.05) is 55.2 Å². The molecule has 2 rings (SSSR count). The summed E-state index contributed by atoms with van der Waals surface area (Å²) in [5.74, 6) is 1.62. The van der Waals surface area contributed by atoms with E-state index in [9.17, 15) is 0 Å². The molecule has 0 atom stereocenters. The Bertz CT molecular complexity index is 486. The topological polar surface area (TPSA) is 18.5 Å². The van der Waals surface area contributed by atoms with Gasteiger partial charge in [0.05, 0.1) is 0 Å². The molecule has 0 fully saturated rings. The van der Waals surface area contributed by atoms with Gasteiger partial charge in [-0.1, -0.05) is 35.4 Å². The Labute approximate surface area is 123 Å². The van der Waals surface area contributed by atoms with Crippen LogP contribution >= 0.6 is 21.9 Å². The number of hydrogen-bond acceptors (Lipinski definition) is 2. The van der Waals surface area contributed by atoms with E-state index >= 15 is 0 Å². The number of hydrogen-bond donors (Lipinski definition) is 0. The van der Waals surface area contributed by atoms with Crippen molar-refractivity contribution in [3.63, 3.8) is 0 Å². The molecule has 0 aromatic heterocycles. The van der Waals surface area contributed by atoms with E-state index in [2.05, 4.69) is 29.3 Å². The van der Waals surface area contributed by atoms with Crippen molar-refractivity contribution in [3.8, 4) is 11.5 Å². The van der Waals surface area contributed by atoms with Gasteiger partial charge in [-0.2, -0.15) is 0 Å². The van der Waals surface area contributed by atoms with Crippen molar-refractivity contribution in [2.45, 2.75) is 13.8 Å². The summed E-state index contributed by atoms with van der Waals surface area (Å²) in [4.78, 5) is 0. The van der Waals surface area contributed by atoms with Crippen molar-refractivity contribution in [2.24, 2.45) is 0 Å². The van der Waals surface area contributed by atoms with Gasteiger partial charge in [-0.05, 0) is 38.1 Å². The molecule has 0 bridgehead atoms. The molecule has 0 unspecified atom stereocenters. The third-order valence-corrected chi connectivity index (χ3v) is 4.52. The molecule has 0 heterocycles. The SMILES string of the molecule is Cc1ccc(O[P+](C)(Br)Oc2ccc(C)cc2)cc1. The quantitative estimate of drug-likeness (QED) is 0.680. The van der Waals surface area contributed by atoms with Crippen LogP contribution in [-0.4, -0.2) is 6.66 Å². The van der Waals surface area contributed by atoms with Gasteiger partial charge in [0.25, 0.3) is 0 Å². The molecule has 100 valence electrons. The highest BCUT2D eigenvalue weighted by molar-refractivity contribution is 9.41. The lowest BCUT2D eigenvalue weighted by Crippen LogP contribution is -2.01. The number of benzene rings is 2. The highest BCUT2D eigenvalue weighted by Crippen LogP contribution is 2.63. The van der Waals surface area contributed by atoms with Crippen molar-refractivity contribution >= 4 is 21.9 Å². The average molecular weight is 340 g/mol. The largest absolute Gasteiger partial charge is 0.427 e. The Balaban J connectivity index is 2.05. The van der Waals surface area contributed by atoms with E-state index in [-0.39, 0.29) is 0 Å². The molecule has 0 spiro atoms. The standard InChI is InChI=1S/C15H17BrO2P/c1-12-4-8-14(9-5-12)17-19(3,16)18-15-10-6-13(2)7-11-15/h4-11H,1-3H3/q+1. The van der Waals surface area contributed by atoms with Crippen molar-refractivity contribution in [2.75, 3.05) is 6.66 Å². The van der Waals surface area contributed by atoms with Gasteiger partial charge in [0.15, 0.2) is 11.5 Å². The summed E-state index contributed by atoms with van der Waals surface area (Å²) in [5.41, 5.74) is 2.42. The Morgan fingerprint density at radius 2 is 1.05 bits per heavy atom. The number of halogens is 1. The molecule has 0 radical (unpaired) electrons. The second-order valence-electron chi connectivity index (χ2n) is 4.56. The minimum absolute atomic E-state index is 0.811. The Hall–Kier alpha value is -1.05. The molecule has 2 aromatic rings. The zero-order valence-corrected chi connectivity index (χ0v) is 13.7. The van der Waals surface area contributed by atoms with Crippen LogP contribution in [0.4, 0.5) is 0 Å². The predicted molar refractivity (Wildman–Crippen MR) is 85.4 cm³/mol. The Morgan fingerprint density at radius 1 is 0.737 bits per heavy atom. The zero-order valence-electron chi connectivity index (χ0n) is 11.3. The first kappa shape index (κ1) is 14.4. The average Bonchev–Trinajstić information content (AvgIpc) is 2.34. The Kier molecular flexibility index (Phi) is 4.49. The van der Waals surface area contributed by atoms with Gasteiger partial charge in [-0.25, -0.2) is 0 Å². The maximum Gasteiger partial charge on any atom is 0.427 e. The van der Waals surface area contributed by atoms with E-state index in [0.29, 0.717) is 0 Å². The lowest BCUT2D eigenvalue weighted by molar-refractivity contribution is 0.491. The van der Waals surface area contributed by atoms with Gasteiger partial charge in [0.2, 0.25) is 15.5 Å². The molecular weight excluding hydrogens is 323 g/mol. The summed E-state index contributed by atoms with van der Waals surface area (Å²) in [6, 6.07) is 15.9. The molecule has 0 aliphatic carbocycles. The van der Waals surface area contributed by atoms with E-state index in [0.717, 1.165) is 11.5 Å². The smallest absolute Gasteiger partial charge is 0.299 e. The summed E-state index contributed by atoms with van der Waals surface area (Å²) < 4.78 is 11.8. The molecule has 0 aliphatic heterocycles. The maximum atomic E-state index is 5.90. The van der Waals surface area contributed by atoms with Gasteiger partial charge >= 0.3 is 6.42 Å².